The van der Waals surface area contributed by atoms with Crippen LogP contribution in [0.15, 0.2) is 60.8 Å². The highest BCUT2D eigenvalue weighted by Gasteiger charge is 2.14. The van der Waals surface area contributed by atoms with Crippen LogP contribution in [0.2, 0.25) is 0 Å². The quantitative estimate of drug-likeness (QED) is 0.534. The van der Waals surface area contributed by atoms with Crippen LogP contribution >= 0.6 is 0 Å². The van der Waals surface area contributed by atoms with Crippen LogP contribution in [-0.4, -0.2) is 19.9 Å². The van der Waals surface area contributed by atoms with Gasteiger partial charge in [-0.1, -0.05) is 35.5 Å². The van der Waals surface area contributed by atoms with Crippen molar-refractivity contribution in [2.45, 2.75) is 6.61 Å². The van der Waals surface area contributed by atoms with Crippen LogP contribution in [-0.2, 0) is 6.61 Å². The average molecular weight is 296 g/mol. The Bertz CT molecular complexity index is 786. The molecule has 0 saturated heterocycles. The first kappa shape index (κ1) is 13.7. The van der Waals surface area contributed by atoms with E-state index in [0.717, 1.165) is 5.69 Å². The van der Waals surface area contributed by atoms with Gasteiger partial charge in [0.1, 0.15) is 12.3 Å². The molecular weight excluding hydrogens is 284 g/mol. The van der Waals surface area contributed by atoms with E-state index in [1.165, 1.54) is 6.07 Å². The second-order valence-corrected chi connectivity index (χ2v) is 4.50. The van der Waals surface area contributed by atoms with Crippen molar-refractivity contribution in [1.29, 1.82) is 0 Å². The predicted molar refractivity (Wildman–Crippen MR) is 78.8 cm³/mol. The highest BCUT2D eigenvalue weighted by molar-refractivity contribution is 5.45. The fourth-order valence-corrected chi connectivity index (χ4v) is 1.95. The van der Waals surface area contributed by atoms with Crippen LogP contribution in [0.5, 0.6) is 5.75 Å². The molecule has 0 atom stereocenters. The van der Waals surface area contributed by atoms with Crippen molar-refractivity contribution in [3.63, 3.8) is 0 Å². The first-order valence-corrected chi connectivity index (χ1v) is 6.57. The van der Waals surface area contributed by atoms with Crippen LogP contribution in [0.1, 0.15) is 5.69 Å². The molecular formula is C15H12N4O3. The van der Waals surface area contributed by atoms with Gasteiger partial charge in [0.25, 0.3) is 0 Å². The van der Waals surface area contributed by atoms with E-state index in [4.69, 9.17) is 4.74 Å². The SMILES string of the molecule is O=[N+]([O-])c1ccccc1OCc1cn(-c2ccccc2)nn1. The molecule has 2 aromatic carbocycles. The minimum Gasteiger partial charge on any atom is -0.480 e. The second kappa shape index (κ2) is 6.04. The van der Waals surface area contributed by atoms with Gasteiger partial charge in [0.05, 0.1) is 16.8 Å². The van der Waals surface area contributed by atoms with Gasteiger partial charge < -0.3 is 4.74 Å². The summed E-state index contributed by atoms with van der Waals surface area (Å²) in [6.07, 6.45) is 1.73. The van der Waals surface area contributed by atoms with Crippen molar-refractivity contribution in [1.82, 2.24) is 15.0 Å². The molecule has 1 aromatic heterocycles. The summed E-state index contributed by atoms with van der Waals surface area (Å²) in [6.45, 7) is 0.109. The van der Waals surface area contributed by atoms with Gasteiger partial charge in [-0.3, -0.25) is 10.1 Å². The molecule has 1 heterocycles. The van der Waals surface area contributed by atoms with Gasteiger partial charge in [0, 0.05) is 6.07 Å². The summed E-state index contributed by atoms with van der Waals surface area (Å²) in [7, 11) is 0. The van der Waals surface area contributed by atoms with E-state index in [1.807, 2.05) is 30.3 Å². The molecule has 7 heteroatoms. The molecule has 0 aliphatic carbocycles. The molecule has 0 fully saturated rings. The molecule has 0 amide bonds. The van der Waals surface area contributed by atoms with E-state index in [0.29, 0.717) is 5.69 Å². The Morgan fingerprint density at radius 1 is 1.09 bits per heavy atom. The normalized spacial score (nSPS) is 10.4. The van der Waals surface area contributed by atoms with Crippen molar-refractivity contribution in [2.24, 2.45) is 0 Å². The first-order chi connectivity index (χ1) is 10.7. The number of hydrogen-bond acceptors (Lipinski definition) is 5. The van der Waals surface area contributed by atoms with E-state index >= 15 is 0 Å². The molecule has 3 aromatic rings. The zero-order valence-electron chi connectivity index (χ0n) is 11.5. The second-order valence-electron chi connectivity index (χ2n) is 4.50. The van der Waals surface area contributed by atoms with Gasteiger partial charge in [-0.05, 0) is 18.2 Å². The highest BCUT2D eigenvalue weighted by atomic mass is 16.6. The predicted octanol–water partition coefficient (Wildman–Crippen LogP) is 2.75. The molecule has 0 saturated carbocycles. The van der Waals surface area contributed by atoms with Crippen LogP contribution in [0, 0.1) is 10.1 Å². The first-order valence-electron chi connectivity index (χ1n) is 6.57. The lowest BCUT2D eigenvalue weighted by Crippen LogP contribution is -1.99. The van der Waals surface area contributed by atoms with Gasteiger partial charge in [-0.25, -0.2) is 4.68 Å². The fourth-order valence-electron chi connectivity index (χ4n) is 1.95. The van der Waals surface area contributed by atoms with E-state index in [-0.39, 0.29) is 18.0 Å². The lowest BCUT2D eigenvalue weighted by molar-refractivity contribution is -0.385. The van der Waals surface area contributed by atoms with Crippen molar-refractivity contribution in [3.05, 3.63) is 76.6 Å². The van der Waals surface area contributed by atoms with E-state index in [1.54, 1.807) is 29.1 Å². The Labute approximate surface area is 125 Å². The molecule has 0 bridgehead atoms. The van der Waals surface area contributed by atoms with Gasteiger partial charge in [0.15, 0.2) is 5.75 Å². The number of nitro benzene ring substituents is 1. The minimum atomic E-state index is -0.476. The zero-order chi connectivity index (χ0) is 15.4. The Morgan fingerprint density at radius 3 is 2.59 bits per heavy atom. The smallest absolute Gasteiger partial charge is 0.310 e. The molecule has 0 aliphatic heterocycles. The molecule has 7 nitrogen and oxygen atoms in total. The third kappa shape index (κ3) is 2.93. The molecule has 0 radical (unpaired) electrons. The van der Waals surface area contributed by atoms with E-state index in [9.17, 15) is 10.1 Å². The Kier molecular flexibility index (Phi) is 3.78. The molecule has 0 spiro atoms. The van der Waals surface area contributed by atoms with Crippen LogP contribution in [0.25, 0.3) is 5.69 Å². The number of ether oxygens (including phenoxy) is 1. The number of para-hydroxylation sites is 3. The maximum absolute atomic E-state index is 10.9. The van der Waals surface area contributed by atoms with Crippen LogP contribution in [0.3, 0.4) is 0 Å². The number of aromatic nitrogens is 3. The average Bonchev–Trinajstić information content (AvgIpc) is 3.03. The lowest BCUT2D eigenvalue weighted by atomic mass is 10.3. The molecule has 0 aliphatic rings. The minimum absolute atomic E-state index is 0.0713. The van der Waals surface area contributed by atoms with E-state index in [2.05, 4.69) is 10.3 Å². The largest absolute Gasteiger partial charge is 0.480 e. The summed E-state index contributed by atoms with van der Waals surface area (Å²) in [5.74, 6) is 0.210. The Morgan fingerprint density at radius 2 is 1.82 bits per heavy atom. The molecule has 110 valence electrons. The van der Waals surface area contributed by atoms with Crippen LogP contribution in [0.4, 0.5) is 5.69 Å². The Hall–Kier alpha value is -3.22. The van der Waals surface area contributed by atoms with Crippen LogP contribution < -0.4 is 4.74 Å². The standard InChI is InChI=1S/C15H12N4O3/c20-19(21)14-8-4-5-9-15(14)22-11-12-10-18(17-16-12)13-6-2-1-3-7-13/h1-10H,11H2. The van der Waals surface area contributed by atoms with Gasteiger partial charge in [-0.15, -0.1) is 5.10 Å². The van der Waals surface area contributed by atoms with Crippen molar-refractivity contribution in [3.8, 4) is 11.4 Å². The molecule has 22 heavy (non-hydrogen) atoms. The topological polar surface area (TPSA) is 83.1 Å². The van der Waals surface area contributed by atoms with Crippen molar-refractivity contribution in [2.75, 3.05) is 0 Å². The molecule has 3 rings (SSSR count). The molecule has 0 unspecified atom stereocenters. The summed E-state index contributed by atoms with van der Waals surface area (Å²) in [6, 6.07) is 15.8. The fraction of sp³-hybridized carbons (Fsp3) is 0.0667. The monoisotopic (exact) mass is 296 g/mol. The molecule has 0 N–H and O–H groups in total. The number of nitro groups is 1. The maximum atomic E-state index is 10.9. The van der Waals surface area contributed by atoms with E-state index < -0.39 is 4.92 Å². The maximum Gasteiger partial charge on any atom is 0.310 e. The van der Waals surface area contributed by atoms with Crippen molar-refractivity contribution < 1.29 is 9.66 Å². The summed E-state index contributed by atoms with van der Waals surface area (Å²) in [5, 5.41) is 18.9. The Balaban J connectivity index is 1.73. The summed E-state index contributed by atoms with van der Waals surface area (Å²) >= 11 is 0. The van der Waals surface area contributed by atoms with Gasteiger partial charge in [-0.2, -0.15) is 0 Å². The summed E-state index contributed by atoms with van der Waals surface area (Å²) in [4.78, 5) is 10.4. The number of nitrogens with zero attached hydrogens (tertiary/aromatic N) is 4. The third-order valence-electron chi connectivity index (χ3n) is 3.00. The highest BCUT2D eigenvalue weighted by Crippen LogP contribution is 2.26. The summed E-state index contributed by atoms with van der Waals surface area (Å²) in [5.41, 5.74) is 1.40. The van der Waals surface area contributed by atoms with Gasteiger partial charge >= 0.3 is 5.69 Å². The zero-order valence-corrected chi connectivity index (χ0v) is 11.5. The number of rotatable bonds is 5. The van der Waals surface area contributed by atoms with Crippen molar-refractivity contribution >= 4 is 5.69 Å². The number of hydrogen-bond donors (Lipinski definition) is 0. The lowest BCUT2D eigenvalue weighted by Gasteiger charge is -2.04. The third-order valence-corrected chi connectivity index (χ3v) is 3.00. The summed E-state index contributed by atoms with van der Waals surface area (Å²) < 4.78 is 7.10. The van der Waals surface area contributed by atoms with Gasteiger partial charge in [0.2, 0.25) is 0 Å². The number of benzene rings is 2.